The molecule has 17 heavy (non-hydrogen) atoms. The number of aliphatic hydroxyl groups excluding tert-OH is 1. The normalized spacial score (nSPS) is 23.5. The van der Waals surface area contributed by atoms with Gasteiger partial charge in [0.2, 0.25) is 0 Å². The lowest BCUT2D eigenvalue weighted by atomic mass is 9.99. The van der Waals surface area contributed by atoms with E-state index < -0.39 is 6.10 Å². The molecule has 1 aliphatic carbocycles. The van der Waals surface area contributed by atoms with Crippen molar-refractivity contribution in [2.45, 2.75) is 33.8 Å². The van der Waals surface area contributed by atoms with Gasteiger partial charge in [-0.15, -0.1) is 0 Å². The monoisotopic (exact) mass is 300 g/mol. The van der Waals surface area contributed by atoms with Crippen LogP contribution in [0.3, 0.4) is 0 Å². The Bertz CT molecular complexity index is 440. The molecular weight excluding hydrogens is 283 g/mol. The molecule has 1 aromatic carbocycles. The smallest absolute Gasteiger partial charge is 0.137 e. The Labute approximate surface area is 110 Å². The van der Waals surface area contributed by atoms with Gasteiger partial charge in [-0.2, -0.15) is 0 Å². The molecule has 94 valence electrons. The van der Waals surface area contributed by atoms with Crippen LogP contribution in [-0.2, 0) is 0 Å². The van der Waals surface area contributed by atoms with Crippen LogP contribution in [0.4, 0.5) is 4.39 Å². The van der Waals surface area contributed by atoms with E-state index in [9.17, 15) is 9.50 Å². The van der Waals surface area contributed by atoms with Gasteiger partial charge in [0.05, 0.1) is 10.6 Å². The maximum atomic E-state index is 13.2. The quantitative estimate of drug-likeness (QED) is 0.863. The van der Waals surface area contributed by atoms with E-state index in [1.54, 1.807) is 12.1 Å². The van der Waals surface area contributed by atoms with Gasteiger partial charge in [-0.05, 0) is 44.5 Å². The molecule has 2 rings (SSSR count). The second-order valence-electron chi connectivity index (χ2n) is 6.04. The van der Waals surface area contributed by atoms with E-state index >= 15 is 0 Å². The highest BCUT2D eigenvalue weighted by Gasteiger charge is 2.67. The molecule has 0 aliphatic heterocycles. The zero-order valence-corrected chi connectivity index (χ0v) is 12.2. The van der Waals surface area contributed by atoms with Crippen molar-refractivity contribution in [2.24, 2.45) is 16.7 Å². The molecule has 0 amide bonds. The minimum atomic E-state index is -0.531. The van der Waals surface area contributed by atoms with Gasteiger partial charge in [-0.3, -0.25) is 0 Å². The van der Waals surface area contributed by atoms with Crippen molar-refractivity contribution in [2.75, 3.05) is 0 Å². The molecular formula is C14H18BrFO. The number of aliphatic hydroxyl groups is 1. The first kappa shape index (κ1) is 13.0. The molecule has 0 bridgehead atoms. The Kier molecular flexibility index (Phi) is 2.91. The van der Waals surface area contributed by atoms with Crippen LogP contribution in [0.15, 0.2) is 22.7 Å². The fraction of sp³-hybridized carbons (Fsp3) is 0.571. The lowest BCUT2D eigenvalue weighted by molar-refractivity contribution is 0.130. The molecule has 0 aromatic heterocycles. The molecule has 1 nitrogen and oxygen atoms in total. The second-order valence-corrected chi connectivity index (χ2v) is 6.89. The SMILES string of the molecule is CC1(C)C(C(O)c2ccc(F)c(Br)c2)C1(C)C. The van der Waals surface area contributed by atoms with E-state index in [0.29, 0.717) is 4.47 Å². The number of rotatable bonds is 2. The van der Waals surface area contributed by atoms with E-state index in [4.69, 9.17) is 0 Å². The van der Waals surface area contributed by atoms with Crippen molar-refractivity contribution in [1.29, 1.82) is 0 Å². The average Bonchev–Trinajstić information content (AvgIpc) is 2.61. The zero-order chi connectivity index (χ0) is 13.0. The van der Waals surface area contributed by atoms with E-state index in [1.807, 2.05) is 0 Å². The summed E-state index contributed by atoms with van der Waals surface area (Å²) in [6.07, 6.45) is -0.531. The summed E-state index contributed by atoms with van der Waals surface area (Å²) in [5.41, 5.74) is 1.02. The molecule has 1 unspecified atom stereocenters. The Morgan fingerprint density at radius 3 is 2.18 bits per heavy atom. The summed E-state index contributed by atoms with van der Waals surface area (Å²) in [5, 5.41) is 10.4. The molecule has 1 aliphatic rings. The highest BCUT2D eigenvalue weighted by atomic mass is 79.9. The van der Waals surface area contributed by atoms with Crippen molar-refractivity contribution in [1.82, 2.24) is 0 Å². The topological polar surface area (TPSA) is 20.2 Å². The molecule has 0 saturated heterocycles. The van der Waals surface area contributed by atoms with Gasteiger partial charge in [0, 0.05) is 5.92 Å². The summed E-state index contributed by atoms with van der Waals surface area (Å²) in [6.45, 7) is 8.66. The molecule has 1 atom stereocenters. The van der Waals surface area contributed by atoms with Crippen LogP contribution in [0.1, 0.15) is 39.4 Å². The van der Waals surface area contributed by atoms with Crippen molar-refractivity contribution in [3.63, 3.8) is 0 Å². The first-order chi connectivity index (χ1) is 7.69. The molecule has 1 N–H and O–H groups in total. The van der Waals surface area contributed by atoms with Gasteiger partial charge in [0.25, 0.3) is 0 Å². The summed E-state index contributed by atoms with van der Waals surface area (Å²) in [6, 6.07) is 4.73. The van der Waals surface area contributed by atoms with Crippen molar-refractivity contribution >= 4 is 15.9 Å². The minimum absolute atomic E-state index is 0.118. The Morgan fingerprint density at radius 2 is 1.76 bits per heavy atom. The molecule has 1 saturated carbocycles. The standard InChI is InChI=1S/C14H18BrFO/c1-13(2)12(14(13,3)4)11(17)8-5-6-10(16)9(15)7-8/h5-7,11-12,17H,1-4H3. The van der Waals surface area contributed by atoms with Crippen LogP contribution in [0.5, 0.6) is 0 Å². The minimum Gasteiger partial charge on any atom is -0.388 e. The van der Waals surface area contributed by atoms with Gasteiger partial charge >= 0.3 is 0 Å². The van der Waals surface area contributed by atoms with Gasteiger partial charge in [-0.25, -0.2) is 4.39 Å². The Morgan fingerprint density at radius 1 is 1.24 bits per heavy atom. The van der Waals surface area contributed by atoms with Crippen molar-refractivity contribution < 1.29 is 9.50 Å². The van der Waals surface area contributed by atoms with Crippen molar-refractivity contribution in [3.05, 3.63) is 34.1 Å². The summed E-state index contributed by atoms with van der Waals surface area (Å²) in [7, 11) is 0. The third-order valence-corrected chi connectivity index (χ3v) is 5.34. The molecule has 1 fully saturated rings. The van der Waals surface area contributed by atoms with Gasteiger partial charge in [-0.1, -0.05) is 33.8 Å². The maximum Gasteiger partial charge on any atom is 0.137 e. The van der Waals surface area contributed by atoms with Crippen LogP contribution < -0.4 is 0 Å². The van der Waals surface area contributed by atoms with Crippen LogP contribution in [0, 0.1) is 22.6 Å². The maximum absolute atomic E-state index is 13.2. The Hall–Kier alpha value is -0.410. The molecule has 3 heteroatoms. The molecule has 0 radical (unpaired) electrons. The van der Waals surface area contributed by atoms with Crippen LogP contribution in [0.2, 0.25) is 0 Å². The molecule has 0 heterocycles. The second kappa shape index (κ2) is 3.79. The van der Waals surface area contributed by atoms with Gasteiger partial charge in [0.1, 0.15) is 5.82 Å². The number of hydrogen-bond acceptors (Lipinski definition) is 1. The lowest BCUT2D eigenvalue weighted by Crippen LogP contribution is -2.05. The van der Waals surface area contributed by atoms with E-state index in [0.717, 1.165) is 5.56 Å². The van der Waals surface area contributed by atoms with E-state index in [1.165, 1.54) is 6.07 Å². The highest BCUT2D eigenvalue weighted by Crippen LogP contribution is 2.72. The third-order valence-electron chi connectivity index (χ3n) is 4.73. The number of benzene rings is 1. The third kappa shape index (κ3) is 1.84. The van der Waals surface area contributed by atoms with Crippen molar-refractivity contribution in [3.8, 4) is 0 Å². The predicted octanol–water partition coefficient (Wildman–Crippen LogP) is 4.30. The highest BCUT2D eigenvalue weighted by molar-refractivity contribution is 9.10. The summed E-state index contributed by atoms with van der Waals surface area (Å²) in [4.78, 5) is 0. The summed E-state index contributed by atoms with van der Waals surface area (Å²) >= 11 is 3.15. The van der Waals surface area contributed by atoms with Crippen LogP contribution in [0.25, 0.3) is 0 Å². The van der Waals surface area contributed by atoms with Crippen LogP contribution in [-0.4, -0.2) is 5.11 Å². The average molecular weight is 301 g/mol. The molecule has 1 aromatic rings. The zero-order valence-electron chi connectivity index (χ0n) is 10.6. The first-order valence-electron chi connectivity index (χ1n) is 5.82. The Balaban J connectivity index is 2.28. The summed E-state index contributed by atoms with van der Waals surface area (Å²) in [5.74, 6) is -0.0809. The number of halogens is 2. The fourth-order valence-corrected chi connectivity index (χ4v) is 3.32. The fourth-order valence-electron chi connectivity index (χ4n) is 2.93. The van der Waals surface area contributed by atoms with E-state index in [-0.39, 0.29) is 22.6 Å². The molecule has 0 spiro atoms. The summed E-state index contributed by atoms with van der Waals surface area (Å²) < 4.78 is 13.6. The lowest BCUT2D eigenvalue weighted by Gasteiger charge is -2.13. The van der Waals surface area contributed by atoms with Crippen LogP contribution >= 0.6 is 15.9 Å². The van der Waals surface area contributed by atoms with E-state index in [2.05, 4.69) is 43.6 Å². The first-order valence-corrected chi connectivity index (χ1v) is 6.62. The largest absolute Gasteiger partial charge is 0.388 e. The predicted molar refractivity (Wildman–Crippen MR) is 70.1 cm³/mol. The van der Waals surface area contributed by atoms with Gasteiger partial charge in [0.15, 0.2) is 0 Å². The number of hydrogen-bond donors (Lipinski definition) is 1. The van der Waals surface area contributed by atoms with Gasteiger partial charge < -0.3 is 5.11 Å².